The van der Waals surface area contributed by atoms with Crippen molar-refractivity contribution >= 4 is 18.3 Å². The van der Waals surface area contributed by atoms with Gasteiger partial charge in [-0.1, -0.05) is 6.42 Å². The van der Waals surface area contributed by atoms with E-state index in [2.05, 4.69) is 10.2 Å². The summed E-state index contributed by atoms with van der Waals surface area (Å²) in [5.41, 5.74) is 5.83. The average molecular weight is 278 g/mol. The topological polar surface area (TPSA) is 58.4 Å². The van der Waals surface area contributed by atoms with Crippen LogP contribution in [0.25, 0.3) is 0 Å². The first-order valence-corrected chi connectivity index (χ1v) is 6.60. The molecule has 1 rings (SSSR count). The van der Waals surface area contributed by atoms with Gasteiger partial charge in [0, 0.05) is 17.6 Å². The van der Waals surface area contributed by atoms with Crippen LogP contribution in [0.1, 0.15) is 47.0 Å². The number of carbonyl (C=O) groups excluding carboxylic acids is 1. The fourth-order valence-corrected chi connectivity index (χ4v) is 2.45. The first-order chi connectivity index (χ1) is 7.79. The van der Waals surface area contributed by atoms with Crippen LogP contribution in [0, 0.1) is 0 Å². The lowest BCUT2D eigenvalue weighted by atomic mass is 9.97. The van der Waals surface area contributed by atoms with Crippen LogP contribution in [-0.4, -0.2) is 41.5 Å². The molecule has 0 aromatic carbocycles. The van der Waals surface area contributed by atoms with Gasteiger partial charge in [-0.05, 0) is 47.1 Å². The number of rotatable bonds is 3. The van der Waals surface area contributed by atoms with Gasteiger partial charge in [-0.25, -0.2) is 0 Å². The summed E-state index contributed by atoms with van der Waals surface area (Å²) >= 11 is 0. The molecule has 1 fully saturated rings. The number of piperidine rings is 1. The van der Waals surface area contributed by atoms with Gasteiger partial charge in [-0.15, -0.1) is 12.4 Å². The van der Waals surface area contributed by atoms with E-state index in [4.69, 9.17) is 5.73 Å². The highest BCUT2D eigenvalue weighted by molar-refractivity contribution is 5.85. The Morgan fingerprint density at radius 2 is 2.06 bits per heavy atom. The van der Waals surface area contributed by atoms with Gasteiger partial charge in [0.1, 0.15) is 0 Å². The monoisotopic (exact) mass is 277 g/mol. The molecule has 5 heteroatoms. The minimum atomic E-state index is -0.156. The lowest BCUT2D eigenvalue weighted by Crippen LogP contribution is -2.54. The highest BCUT2D eigenvalue weighted by atomic mass is 35.5. The molecule has 3 N–H and O–H groups in total. The Balaban J connectivity index is 0.00000289. The Labute approximate surface area is 117 Å². The molecule has 2 unspecified atom stereocenters. The number of halogens is 1. The van der Waals surface area contributed by atoms with Crippen molar-refractivity contribution in [3.8, 4) is 0 Å². The van der Waals surface area contributed by atoms with E-state index >= 15 is 0 Å². The average Bonchev–Trinajstić information content (AvgIpc) is 2.14. The van der Waals surface area contributed by atoms with Crippen LogP contribution < -0.4 is 11.1 Å². The molecule has 1 aliphatic rings. The molecule has 1 amide bonds. The largest absolute Gasteiger partial charge is 0.350 e. The SMILES string of the molecule is CC(N)C1CCCCN1CC(=O)NC(C)(C)C.Cl. The van der Waals surface area contributed by atoms with Crippen LogP contribution in [-0.2, 0) is 4.79 Å². The van der Waals surface area contributed by atoms with Crippen LogP contribution in [0.2, 0.25) is 0 Å². The Morgan fingerprint density at radius 3 is 2.56 bits per heavy atom. The summed E-state index contributed by atoms with van der Waals surface area (Å²) in [5.74, 6) is 0.102. The molecule has 1 heterocycles. The number of amides is 1. The third-order valence-electron chi connectivity index (χ3n) is 3.13. The second-order valence-corrected chi connectivity index (χ2v) is 6.19. The van der Waals surface area contributed by atoms with Crippen molar-refractivity contribution in [2.45, 2.75) is 64.6 Å². The van der Waals surface area contributed by atoms with E-state index < -0.39 is 0 Å². The maximum Gasteiger partial charge on any atom is 0.234 e. The molecule has 0 radical (unpaired) electrons. The van der Waals surface area contributed by atoms with Gasteiger partial charge in [0.25, 0.3) is 0 Å². The number of hydrogen-bond acceptors (Lipinski definition) is 3. The summed E-state index contributed by atoms with van der Waals surface area (Å²) in [4.78, 5) is 14.1. The van der Waals surface area contributed by atoms with E-state index in [1.807, 2.05) is 27.7 Å². The van der Waals surface area contributed by atoms with Gasteiger partial charge in [-0.3, -0.25) is 9.69 Å². The Hall–Kier alpha value is -0.320. The number of hydrogen-bond donors (Lipinski definition) is 2. The van der Waals surface area contributed by atoms with Crippen molar-refractivity contribution in [1.82, 2.24) is 10.2 Å². The summed E-state index contributed by atoms with van der Waals surface area (Å²) in [6.07, 6.45) is 3.51. The summed E-state index contributed by atoms with van der Waals surface area (Å²) < 4.78 is 0. The van der Waals surface area contributed by atoms with Crippen LogP contribution in [0.5, 0.6) is 0 Å². The number of likely N-dealkylation sites (tertiary alicyclic amines) is 1. The molecule has 0 aromatic heterocycles. The van der Waals surface area contributed by atoms with Crippen LogP contribution in [0.3, 0.4) is 0 Å². The molecule has 18 heavy (non-hydrogen) atoms. The zero-order chi connectivity index (χ0) is 13.1. The molecular formula is C13H28ClN3O. The zero-order valence-electron chi connectivity index (χ0n) is 12.0. The molecule has 108 valence electrons. The van der Waals surface area contributed by atoms with Crippen molar-refractivity contribution in [2.75, 3.05) is 13.1 Å². The first-order valence-electron chi connectivity index (χ1n) is 6.60. The van der Waals surface area contributed by atoms with Crippen molar-refractivity contribution in [3.05, 3.63) is 0 Å². The van der Waals surface area contributed by atoms with Gasteiger partial charge >= 0.3 is 0 Å². The summed E-state index contributed by atoms with van der Waals surface area (Å²) in [6.45, 7) is 9.51. The van der Waals surface area contributed by atoms with Crippen molar-refractivity contribution in [2.24, 2.45) is 5.73 Å². The normalized spacial score (nSPS) is 23.1. The van der Waals surface area contributed by atoms with Gasteiger partial charge < -0.3 is 11.1 Å². The van der Waals surface area contributed by atoms with Gasteiger partial charge in [0.15, 0.2) is 0 Å². The minimum Gasteiger partial charge on any atom is -0.350 e. The summed E-state index contributed by atoms with van der Waals surface area (Å²) in [7, 11) is 0. The molecule has 0 saturated carbocycles. The molecular weight excluding hydrogens is 250 g/mol. The van der Waals surface area contributed by atoms with Crippen molar-refractivity contribution in [3.63, 3.8) is 0 Å². The smallest absolute Gasteiger partial charge is 0.234 e. The van der Waals surface area contributed by atoms with Crippen LogP contribution in [0.4, 0.5) is 0 Å². The Bertz CT molecular complexity index is 263. The van der Waals surface area contributed by atoms with Crippen molar-refractivity contribution in [1.29, 1.82) is 0 Å². The molecule has 2 atom stereocenters. The highest BCUT2D eigenvalue weighted by Gasteiger charge is 2.27. The summed E-state index contributed by atoms with van der Waals surface area (Å²) in [5, 5.41) is 3.00. The van der Waals surface area contributed by atoms with E-state index in [1.54, 1.807) is 0 Å². The van der Waals surface area contributed by atoms with Gasteiger partial charge in [0.05, 0.1) is 6.54 Å². The third-order valence-corrected chi connectivity index (χ3v) is 3.13. The predicted molar refractivity (Wildman–Crippen MR) is 78.0 cm³/mol. The molecule has 1 saturated heterocycles. The molecule has 0 aromatic rings. The maximum absolute atomic E-state index is 11.9. The zero-order valence-corrected chi connectivity index (χ0v) is 12.8. The molecule has 4 nitrogen and oxygen atoms in total. The number of nitrogens with two attached hydrogens (primary N) is 1. The molecule has 1 aliphatic heterocycles. The van der Waals surface area contributed by atoms with Gasteiger partial charge in [0.2, 0.25) is 5.91 Å². The van der Waals surface area contributed by atoms with Crippen LogP contribution >= 0.6 is 12.4 Å². The molecule has 0 aliphatic carbocycles. The first kappa shape index (κ1) is 17.7. The van der Waals surface area contributed by atoms with E-state index in [1.165, 1.54) is 12.8 Å². The second-order valence-electron chi connectivity index (χ2n) is 6.19. The third kappa shape index (κ3) is 6.03. The quantitative estimate of drug-likeness (QED) is 0.822. The van der Waals surface area contributed by atoms with E-state index in [0.29, 0.717) is 12.6 Å². The van der Waals surface area contributed by atoms with Crippen molar-refractivity contribution < 1.29 is 4.79 Å². The van der Waals surface area contributed by atoms with E-state index in [-0.39, 0.29) is 29.9 Å². The fraction of sp³-hybridized carbons (Fsp3) is 0.923. The van der Waals surface area contributed by atoms with Gasteiger partial charge in [-0.2, -0.15) is 0 Å². The number of carbonyl (C=O) groups is 1. The number of nitrogens with one attached hydrogen (secondary N) is 1. The highest BCUT2D eigenvalue weighted by Crippen LogP contribution is 2.18. The Morgan fingerprint density at radius 1 is 1.44 bits per heavy atom. The predicted octanol–water partition coefficient (Wildman–Crippen LogP) is 1.52. The second kappa shape index (κ2) is 7.31. The Kier molecular flexibility index (Phi) is 7.18. The van der Waals surface area contributed by atoms with E-state index in [0.717, 1.165) is 13.0 Å². The lowest BCUT2D eigenvalue weighted by Gasteiger charge is -2.38. The minimum absolute atomic E-state index is 0. The standard InChI is InChI=1S/C13H27N3O.ClH/c1-10(14)11-7-5-6-8-16(11)9-12(17)15-13(2,3)4;/h10-11H,5-9,14H2,1-4H3,(H,15,17);1H. The molecule has 0 bridgehead atoms. The number of nitrogens with zero attached hydrogens (tertiary/aromatic N) is 1. The lowest BCUT2D eigenvalue weighted by molar-refractivity contribution is -0.124. The van der Waals surface area contributed by atoms with Crippen LogP contribution in [0.15, 0.2) is 0 Å². The molecule has 0 spiro atoms. The fourth-order valence-electron chi connectivity index (χ4n) is 2.45. The van der Waals surface area contributed by atoms with E-state index in [9.17, 15) is 4.79 Å². The maximum atomic E-state index is 11.9. The summed E-state index contributed by atoms with van der Waals surface area (Å²) in [6, 6.07) is 0.493.